The fourth-order valence-corrected chi connectivity index (χ4v) is 4.66. The van der Waals surface area contributed by atoms with Crippen molar-refractivity contribution in [2.45, 2.75) is 44.9 Å². The molecule has 0 saturated carbocycles. The lowest BCUT2D eigenvalue weighted by Gasteiger charge is -2.30. The number of aryl methyl sites for hydroxylation is 2. The highest BCUT2D eigenvalue weighted by Gasteiger charge is 2.18. The summed E-state index contributed by atoms with van der Waals surface area (Å²) in [5.41, 5.74) is 1.59. The summed E-state index contributed by atoms with van der Waals surface area (Å²) in [5, 5.41) is 2.88. The van der Waals surface area contributed by atoms with Gasteiger partial charge in [0.1, 0.15) is 0 Å². The lowest BCUT2D eigenvalue weighted by Crippen LogP contribution is -2.40. The van der Waals surface area contributed by atoms with Gasteiger partial charge in [-0.3, -0.25) is 4.79 Å². The van der Waals surface area contributed by atoms with Gasteiger partial charge in [0.15, 0.2) is 0 Å². The van der Waals surface area contributed by atoms with Gasteiger partial charge in [-0.2, -0.15) is 0 Å². The van der Waals surface area contributed by atoms with E-state index in [1.165, 1.54) is 12.8 Å². The van der Waals surface area contributed by atoms with E-state index in [4.69, 9.17) is 0 Å². The first-order valence-corrected chi connectivity index (χ1v) is 10.8. The summed E-state index contributed by atoms with van der Waals surface area (Å²) in [7, 11) is -3.59. The van der Waals surface area contributed by atoms with Crippen LogP contribution in [0, 0.1) is 19.8 Å². The molecule has 2 rings (SSSR count). The van der Waals surface area contributed by atoms with Gasteiger partial charge in [-0.25, -0.2) is 13.1 Å². The molecule has 6 nitrogen and oxygen atoms in total. The molecular formula is C19H31N3O3S. The highest BCUT2D eigenvalue weighted by atomic mass is 32.2. The van der Waals surface area contributed by atoms with Gasteiger partial charge in [-0.1, -0.05) is 19.1 Å². The second-order valence-electron chi connectivity index (χ2n) is 7.31. The average Bonchev–Trinajstić information content (AvgIpc) is 2.57. The molecule has 146 valence electrons. The highest BCUT2D eigenvalue weighted by molar-refractivity contribution is 7.89. The van der Waals surface area contributed by atoms with Crippen molar-refractivity contribution in [1.82, 2.24) is 14.9 Å². The maximum atomic E-state index is 12.4. The Bertz CT molecular complexity index is 719. The zero-order chi connectivity index (χ0) is 19.2. The number of carbonyl (C=O) groups is 1. The number of sulfonamides is 1. The van der Waals surface area contributed by atoms with E-state index in [0.29, 0.717) is 12.1 Å². The summed E-state index contributed by atoms with van der Waals surface area (Å²) in [5.74, 6) is 0.595. The van der Waals surface area contributed by atoms with Crippen molar-refractivity contribution in [3.8, 4) is 0 Å². The fraction of sp³-hybridized carbons (Fsp3) is 0.632. The number of carbonyl (C=O) groups excluding carboxylic acids is 1. The lowest BCUT2D eigenvalue weighted by atomic mass is 10.0. The van der Waals surface area contributed by atoms with Gasteiger partial charge in [0.25, 0.3) is 0 Å². The molecule has 7 heteroatoms. The molecule has 1 fully saturated rings. The Kier molecular flexibility index (Phi) is 7.61. The van der Waals surface area contributed by atoms with E-state index >= 15 is 0 Å². The maximum absolute atomic E-state index is 12.4. The number of nitrogens with zero attached hydrogens (tertiary/aromatic N) is 1. The Morgan fingerprint density at radius 1 is 1.27 bits per heavy atom. The van der Waals surface area contributed by atoms with E-state index in [1.807, 2.05) is 13.0 Å². The van der Waals surface area contributed by atoms with Gasteiger partial charge >= 0.3 is 0 Å². The minimum absolute atomic E-state index is 0.0995. The molecule has 1 aliphatic rings. The summed E-state index contributed by atoms with van der Waals surface area (Å²) in [6, 6.07) is 5.32. The van der Waals surface area contributed by atoms with Gasteiger partial charge in [0, 0.05) is 32.6 Å². The summed E-state index contributed by atoms with van der Waals surface area (Å²) >= 11 is 0. The number of hydrogen-bond donors (Lipinski definition) is 2. The number of likely N-dealkylation sites (tertiary alicyclic amines) is 1. The van der Waals surface area contributed by atoms with Crippen LogP contribution < -0.4 is 10.0 Å². The van der Waals surface area contributed by atoms with Crippen molar-refractivity contribution in [1.29, 1.82) is 0 Å². The molecule has 0 bridgehead atoms. The van der Waals surface area contributed by atoms with Gasteiger partial charge in [0.05, 0.1) is 4.90 Å². The Morgan fingerprint density at radius 3 is 2.77 bits per heavy atom. The van der Waals surface area contributed by atoms with E-state index < -0.39 is 10.0 Å². The van der Waals surface area contributed by atoms with E-state index in [-0.39, 0.29) is 23.8 Å². The van der Waals surface area contributed by atoms with Crippen molar-refractivity contribution in [3.05, 3.63) is 29.3 Å². The number of rotatable bonds is 8. The van der Waals surface area contributed by atoms with Gasteiger partial charge in [0.2, 0.25) is 15.9 Å². The summed E-state index contributed by atoms with van der Waals surface area (Å²) < 4.78 is 27.3. The fourth-order valence-electron chi connectivity index (χ4n) is 3.31. The summed E-state index contributed by atoms with van der Waals surface area (Å²) in [4.78, 5) is 14.6. The molecule has 1 atom stereocenters. The minimum atomic E-state index is -3.59. The Labute approximate surface area is 157 Å². The van der Waals surface area contributed by atoms with Crippen LogP contribution in [-0.2, 0) is 14.8 Å². The molecule has 1 unspecified atom stereocenters. The van der Waals surface area contributed by atoms with Crippen molar-refractivity contribution < 1.29 is 13.2 Å². The average molecular weight is 382 g/mol. The van der Waals surface area contributed by atoms with Gasteiger partial charge < -0.3 is 10.2 Å². The molecule has 0 aromatic heterocycles. The van der Waals surface area contributed by atoms with Crippen LogP contribution in [0.3, 0.4) is 0 Å². The largest absolute Gasteiger partial charge is 0.355 e. The second-order valence-corrected chi connectivity index (χ2v) is 9.05. The first kappa shape index (κ1) is 20.9. The molecule has 1 aliphatic heterocycles. The zero-order valence-electron chi connectivity index (χ0n) is 16.0. The predicted octanol–water partition coefficient (Wildman–Crippen LogP) is 1.82. The molecule has 1 aromatic carbocycles. The van der Waals surface area contributed by atoms with E-state index in [2.05, 4.69) is 21.9 Å². The number of nitrogens with one attached hydrogen (secondary N) is 2. The smallest absolute Gasteiger partial charge is 0.240 e. The third-order valence-electron chi connectivity index (χ3n) is 4.77. The SMILES string of the molecule is Cc1ccc(C)c(S(=O)(=O)NCCC(=O)NCCN2CCCC(C)C2)c1. The molecular weight excluding hydrogens is 350 g/mol. The van der Waals surface area contributed by atoms with Crippen LogP contribution in [0.15, 0.2) is 23.1 Å². The molecule has 1 amide bonds. The van der Waals surface area contributed by atoms with Gasteiger partial charge in [-0.15, -0.1) is 0 Å². The Hall–Kier alpha value is -1.44. The van der Waals surface area contributed by atoms with Crippen molar-refractivity contribution in [2.24, 2.45) is 5.92 Å². The van der Waals surface area contributed by atoms with E-state index in [1.54, 1.807) is 19.1 Å². The standard InChI is InChI=1S/C19H31N3O3S/c1-15-6-7-17(3)18(13-15)26(24,25)21-9-8-19(23)20-10-12-22-11-4-5-16(2)14-22/h6-7,13,16,21H,4-5,8-12,14H2,1-3H3,(H,20,23). The topological polar surface area (TPSA) is 78.5 Å². The van der Waals surface area contributed by atoms with Crippen LogP contribution in [0.4, 0.5) is 0 Å². The summed E-state index contributed by atoms with van der Waals surface area (Å²) in [6.07, 6.45) is 2.64. The first-order valence-electron chi connectivity index (χ1n) is 9.34. The van der Waals surface area contributed by atoms with E-state index in [0.717, 1.165) is 31.1 Å². The minimum Gasteiger partial charge on any atom is -0.355 e. The van der Waals surface area contributed by atoms with Crippen molar-refractivity contribution in [2.75, 3.05) is 32.7 Å². The van der Waals surface area contributed by atoms with Crippen LogP contribution in [0.2, 0.25) is 0 Å². The number of piperidine rings is 1. The number of hydrogen-bond acceptors (Lipinski definition) is 4. The summed E-state index contributed by atoms with van der Waals surface area (Å²) in [6.45, 7) is 9.62. The maximum Gasteiger partial charge on any atom is 0.240 e. The molecule has 2 N–H and O–H groups in total. The van der Waals surface area contributed by atoms with Crippen LogP contribution in [0.25, 0.3) is 0 Å². The monoisotopic (exact) mass is 381 g/mol. The normalized spacial score (nSPS) is 18.7. The molecule has 0 radical (unpaired) electrons. The molecule has 26 heavy (non-hydrogen) atoms. The lowest BCUT2D eigenvalue weighted by molar-refractivity contribution is -0.121. The number of benzene rings is 1. The molecule has 1 aromatic rings. The molecule has 0 aliphatic carbocycles. The Morgan fingerprint density at radius 2 is 2.04 bits per heavy atom. The third-order valence-corrected chi connectivity index (χ3v) is 6.37. The van der Waals surface area contributed by atoms with Gasteiger partial charge in [-0.05, 0) is 56.3 Å². The molecule has 1 heterocycles. The third kappa shape index (κ3) is 6.37. The number of amides is 1. The zero-order valence-corrected chi connectivity index (χ0v) is 16.9. The van der Waals surface area contributed by atoms with Crippen LogP contribution in [0.5, 0.6) is 0 Å². The predicted molar refractivity (Wildman–Crippen MR) is 104 cm³/mol. The first-order chi connectivity index (χ1) is 12.3. The molecule has 1 saturated heterocycles. The van der Waals surface area contributed by atoms with Crippen LogP contribution in [-0.4, -0.2) is 51.9 Å². The highest BCUT2D eigenvalue weighted by Crippen LogP contribution is 2.16. The Balaban J connectivity index is 1.71. The van der Waals surface area contributed by atoms with E-state index in [9.17, 15) is 13.2 Å². The van der Waals surface area contributed by atoms with Crippen molar-refractivity contribution >= 4 is 15.9 Å². The van der Waals surface area contributed by atoms with Crippen LogP contribution >= 0.6 is 0 Å². The second kappa shape index (κ2) is 9.48. The van der Waals surface area contributed by atoms with Crippen molar-refractivity contribution in [3.63, 3.8) is 0 Å². The molecule has 0 spiro atoms. The van der Waals surface area contributed by atoms with Crippen LogP contribution in [0.1, 0.15) is 37.3 Å². The quantitative estimate of drug-likeness (QED) is 0.720.